The number of amides is 1. The van der Waals surface area contributed by atoms with Gasteiger partial charge in [-0.3, -0.25) is 4.79 Å². The zero-order chi connectivity index (χ0) is 12.1. The molecule has 1 atom stereocenters. The summed E-state index contributed by atoms with van der Waals surface area (Å²) in [4.78, 5) is 11.2. The molecule has 1 amide bonds. The Morgan fingerprint density at radius 1 is 1.41 bits per heavy atom. The minimum absolute atomic E-state index is 0.0381. The Labute approximate surface area is 101 Å². The van der Waals surface area contributed by atoms with Crippen molar-refractivity contribution in [2.24, 2.45) is 5.10 Å². The van der Waals surface area contributed by atoms with Crippen LogP contribution in [0, 0.1) is 0 Å². The lowest BCUT2D eigenvalue weighted by Gasteiger charge is -2.16. The van der Waals surface area contributed by atoms with Crippen molar-refractivity contribution in [2.75, 3.05) is 6.61 Å². The first-order valence-corrected chi connectivity index (χ1v) is 5.84. The Morgan fingerprint density at radius 3 is 2.82 bits per heavy atom. The maximum absolute atomic E-state index is 11.2. The molecule has 0 aliphatic carbocycles. The third-order valence-corrected chi connectivity index (χ3v) is 2.63. The smallest absolute Gasteiger partial charge is 0.241 e. The quantitative estimate of drug-likeness (QED) is 0.863. The number of benzene rings is 1. The van der Waals surface area contributed by atoms with Crippen LogP contribution in [0.25, 0.3) is 0 Å². The summed E-state index contributed by atoms with van der Waals surface area (Å²) in [5.41, 5.74) is 3.52. The predicted molar refractivity (Wildman–Crippen MR) is 66.2 cm³/mol. The van der Waals surface area contributed by atoms with Crippen LogP contribution < -0.4 is 10.2 Å². The summed E-state index contributed by atoms with van der Waals surface area (Å²) in [6.45, 7) is 2.80. The van der Waals surface area contributed by atoms with Crippen molar-refractivity contribution in [3.05, 3.63) is 29.8 Å². The molecule has 4 nitrogen and oxygen atoms in total. The van der Waals surface area contributed by atoms with Crippen LogP contribution in [0.1, 0.15) is 31.2 Å². The van der Waals surface area contributed by atoms with E-state index in [1.807, 2.05) is 24.3 Å². The van der Waals surface area contributed by atoms with Crippen LogP contribution in [0.4, 0.5) is 0 Å². The molecule has 4 heteroatoms. The first-order chi connectivity index (χ1) is 8.29. The third-order valence-electron chi connectivity index (χ3n) is 2.63. The lowest BCUT2D eigenvalue weighted by atomic mass is 9.96. The van der Waals surface area contributed by atoms with Crippen molar-refractivity contribution in [2.45, 2.75) is 25.7 Å². The average Bonchev–Trinajstić information content (AvgIpc) is 2.37. The molecule has 0 saturated carbocycles. The summed E-state index contributed by atoms with van der Waals surface area (Å²) in [6.07, 6.45) is 3.22. The monoisotopic (exact) mass is 232 g/mol. The zero-order valence-corrected chi connectivity index (χ0v) is 9.85. The summed E-state index contributed by atoms with van der Waals surface area (Å²) in [6, 6.07) is 7.84. The molecule has 1 unspecified atom stereocenters. The number of rotatable bonds is 4. The Bertz CT molecular complexity index is 412. The summed E-state index contributed by atoms with van der Waals surface area (Å²) >= 11 is 0. The third kappa shape index (κ3) is 3.06. The van der Waals surface area contributed by atoms with Gasteiger partial charge >= 0.3 is 0 Å². The Kier molecular flexibility index (Phi) is 3.75. The summed E-state index contributed by atoms with van der Waals surface area (Å²) in [7, 11) is 0. The lowest BCUT2D eigenvalue weighted by molar-refractivity contribution is -0.121. The van der Waals surface area contributed by atoms with E-state index in [0.717, 1.165) is 24.3 Å². The molecule has 0 spiro atoms. The van der Waals surface area contributed by atoms with Crippen LogP contribution in [0.5, 0.6) is 5.75 Å². The van der Waals surface area contributed by atoms with Gasteiger partial charge in [0.05, 0.1) is 6.61 Å². The molecule has 1 heterocycles. The van der Waals surface area contributed by atoms with Crippen molar-refractivity contribution in [1.29, 1.82) is 0 Å². The molecule has 0 radical (unpaired) electrons. The van der Waals surface area contributed by atoms with E-state index in [4.69, 9.17) is 4.74 Å². The predicted octanol–water partition coefficient (Wildman–Crippen LogP) is 2.06. The van der Waals surface area contributed by atoms with E-state index in [1.54, 1.807) is 6.21 Å². The second-order valence-electron chi connectivity index (χ2n) is 4.04. The van der Waals surface area contributed by atoms with Gasteiger partial charge in [-0.1, -0.05) is 19.1 Å². The first-order valence-electron chi connectivity index (χ1n) is 5.84. The highest BCUT2D eigenvalue weighted by atomic mass is 16.5. The van der Waals surface area contributed by atoms with Gasteiger partial charge in [0.2, 0.25) is 5.91 Å². The van der Waals surface area contributed by atoms with Gasteiger partial charge in [0.25, 0.3) is 0 Å². The lowest BCUT2D eigenvalue weighted by Crippen LogP contribution is -2.25. The van der Waals surface area contributed by atoms with E-state index < -0.39 is 0 Å². The Morgan fingerprint density at radius 2 is 2.18 bits per heavy atom. The molecule has 0 aromatic heterocycles. The molecule has 1 aromatic rings. The van der Waals surface area contributed by atoms with Gasteiger partial charge in [-0.05, 0) is 24.1 Å². The number of ether oxygens (including phenoxy) is 1. The minimum atomic E-state index is -0.0381. The van der Waals surface area contributed by atoms with Crippen LogP contribution >= 0.6 is 0 Å². The SMILES string of the molecule is CCCOc1ccc(C2C=NNC(=O)C2)cc1. The molecule has 90 valence electrons. The highest BCUT2D eigenvalue weighted by Crippen LogP contribution is 2.22. The van der Waals surface area contributed by atoms with Crippen molar-refractivity contribution >= 4 is 12.1 Å². The van der Waals surface area contributed by atoms with Gasteiger partial charge in [0.15, 0.2) is 0 Å². The van der Waals surface area contributed by atoms with Gasteiger partial charge in [0.1, 0.15) is 5.75 Å². The molecule has 0 bridgehead atoms. The van der Waals surface area contributed by atoms with Crippen LogP contribution in [0.2, 0.25) is 0 Å². The maximum atomic E-state index is 11.2. The fourth-order valence-electron chi connectivity index (χ4n) is 1.73. The van der Waals surface area contributed by atoms with Gasteiger partial charge in [0, 0.05) is 18.6 Å². The van der Waals surface area contributed by atoms with Crippen molar-refractivity contribution in [3.8, 4) is 5.75 Å². The van der Waals surface area contributed by atoms with Crippen LogP contribution in [-0.4, -0.2) is 18.7 Å². The van der Waals surface area contributed by atoms with E-state index in [9.17, 15) is 4.79 Å². The summed E-state index contributed by atoms with van der Waals surface area (Å²) < 4.78 is 5.51. The van der Waals surface area contributed by atoms with E-state index in [-0.39, 0.29) is 11.8 Å². The zero-order valence-electron chi connectivity index (χ0n) is 9.85. The van der Waals surface area contributed by atoms with E-state index in [2.05, 4.69) is 17.5 Å². The number of carbonyl (C=O) groups is 1. The van der Waals surface area contributed by atoms with Crippen LogP contribution in [-0.2, 0) is 4.79 Å². The van der Waals surface area contributed by atoms with Crippen molar-refractivity contribution < 1.29 is 9.53 Å². The fourth-order valence-corrected chi connectivity index (χ4v) is 1.73. The normalized spacial score (nSPS) is 18.9. The number of hydrogen-bond donors (Lipinski definition) is 1. The molecule has 0 fully saturated rings. The maximum Gasteiger partial charge on any atom is 0.241 e. The summed E-state index contributed by atoms with van der Waals surface area (Å²) in [5, 5.41) is 3.83. The number of hydrogen-bond acceptors (Lipinski definition) is 3. The van der Waals surface area contributed by atoms with Gasteiger partial charge < -0.3 is 4.74 Å². The Hall–Kier alpha value is -1.84. The van der Waals surface area contributed by atoms with Gasteiger partial charge in [-0.15, -0.1) is 0 Å². The second-order valence-corrected chi connectivity index (χ2v) is 4.04. The summed E-state index contributed by atoms with van der Waals surface area (Å²) in [5.74, 6) is 0.903. The van der Waals surface area contributed by atoms with Crippen LogP contribution in [0.3, 0.4) is 0 Å². The van der Waals surface area contributed by atoms with Crippen molar-refractivity contribution in [3.63, 3.8) is 0 Å². The second kappa shape index (κ2) is 5.48. The molecule has 2 rings (SSSR count). The van der Waals surface area contributed by atoms with Crippen LogP contribution in [0.15, 0.2) is 29.4 Å². The first kappa shape index (κ1) is 11.6. The fraction of sp³-hybridized carbons (Fsp3) is 0.385. The van der Waals surface area contributed by atoms with Crippen molar-refractivity contribution in [1.82, 2.24) is 5.43 Å². The standard InChI is InChI=1S/C13H16N2O2/c1-2-7-17-12-5-3-10(4-6-12)11-8-13(16)15-14-9-11/h3-6,9,11H,2,7-8H2,1H3,(H,15,16). The molecule has 1 aliphatic rings. The Balaban J connectivity index is 2.04. The number of hydrazone groups is 1. The highest BCUT2D eigenvalue weighted by Gasteiger charge is 2.17. The molecule has 1 aromatic carbocycles. The minimum Gasteiger partial charge on any atom is -0.494 e. The molecular formula is C13H16N2O2. The number of nitrogens with one attached hydrogen (secondary N) is 1. The van der Waals surface area contributed by atoms with E-state index in [0.29, 0.717) is 6.42 Å². The largest absolute Gasteiger partial charge is 0.494 e. The molecule has 0 saturated heterocycles. The molecular weight excluding hydrogens is 216 g/mol. The molecule has 1 N–H and O–H groups in total. The van der Waals surface area contributed by atoms with Gasteiger partial charge in [-0.2, -0.15) is 5.10 Å². The molecule has 1 aliphatic heterocycles. The van der Waals surface area contributed by atoms with E-state index >= 15 is 0 Å². The average molecular weight is 232 g/mol. The highest BCUT2D eigenvalue weighted by molar-refractivity contribution is 5.86. The van der Waals surface area contributed by atoms with E-state index in [1.165, 1.54) is 0 Å². The van der Waals surface area contributed by atoms with Gasteiger partial charge in [-0.25, -0.2) is 5.43 Å². The number of carbonyl (C=O) groups excluding carboxylic acids is 1. The molecule has 17 heavy (non-hydrogen) atoms. The topological polar surface area (TPSA) is 50.7 Å². The number of nitrogens with zero attached hydrogens (tertiary/aromatic N) is 1.